The molecule has 33 heavy (non-hydrogen) atoms. The highest BCUT2D eigenvalue weighted by Gasteiger charge is 2.56. The van der Waals surface area contributed by atoms with Crippen molar-refractivity contribution in [2.45, 2.75) is 135 Å². The van der Waals surface area contributed by atoms with Gasteiger partial charge in [-0.25, -0.2) is 0 Å². The van der Waals surface area contributed by atoms with Crippen LogP contribution < -0.4 is 10.6 Å². The molecule has 6 nitrogen and oxygen atoms in total. The van der Waals surface area contributed by atoms with Crippen LogP contribution in [0.5, 0.6) is 0 Å². The van der Waals surface area contributed by atoms with Crippen molar-refractivity contribution in [1.29, 1.82) is 0 Å². The second kappa shape index (κ2) is 8.22. The summed E-state index contributed by atoms with van der Waals surface area (Å²) in [6.07, 6.45) is 5.90. The van der Waals surface area contributed by atoms with E-state index in [1.54, 1.807) is 0 Å². The van der Waals surface area contributed by atoms with Gasteiger partial charge in [-0.15, -0.1) is 0 Å². The third-order valence-corrected chi connectivity index (χ3v) is 8.33. The molecule has 2 saturated heterocycles. The average Bonchev–Trinajstić information content (AvgIpc) is 3.16. The van der Waals surface area contributed by atoms with Crippen LogP contribution in [0.3, 0.4) is 0 Å². The van der Waals surface area contributed by atoms with Crippen LogP contribution in [0.25, 0.3) is 0 Å². The lowest BCUT2D eigenvalue weighted by Crippen LogP contribution is -2.60. The number of rotatable bonds is 4. The maximum absolute atomic E-state index is 13.5. The highest BCUT2D eigenvalue weighted by molar-refractivity contribution is 5.84. The summed E-state index contributed by atoms with van der Waals surface area (Å²) in [4.78, 5) is 27.0. The summed E-state index contributed by atoms with van der Waals surface area (Å²) < 4.78 is 12.3. The molecule has 2 bridgehead atoms. The molecule has 0 spiro atoms. The number of nitrogens with one attached hydrogen (secondary N) is 2. The van der Waals surface area contributed by atoms with Gasteiger partial charge in [-0.05, 0) is 86.5 Å². The Kier molecular flexibility index (Phi) is 6.22. The predicted octanol–water partition coefficient (Wildman–Crippen LogP) is 4.35. The lowest BCUT2D eigenvalue weighted by molar-refractivity contribution is -0.173. The Morgan fingerprint density at radius 1 is 0.606 bits per heavy atom. The largest absolute Gasteiger partial charge is 0.462 e. The summed E-state index contributed by atoms with van der Waals surface area (Å²) in [6, 6.07) is 0. The Labute approximate surface area is 200 Å². The first-order valence-electron chi connectivity index (χ1n) is 13.0. The second-order valence-electron chi connectivity index (χ2n) is 14.1. The second-order valence-corrected chi connectivity index (χ2v) is 14.1. The molecular weight excluding hydrogens is 416 g/mol. The minimum Gasteiger partial charge on any atom is -0.462 e. The van der Waals surface area contributed by atoms with E-state index in [4.69, 9.17) is 9.47 Å². The zero-order valence-electron chi connectivity index (χ0n) is 22.0. The van der Waals surface area contributed by atoms with Gasteiger partial charge >= 0.3 is 11.9 Å². The molecule has 4 unspecified atom stereocenters. The fraction of sp³-hybridized carbons (Fsp3) is 0.926. The molecule has 188 valence electrons. The zero-order valence-corrected chi connectivity index (χ0v) is 22.0. The van der Waals surface area contributed by atoms with Gasteiger partial charge in [-0.1, -0.05) is 0 Å². The minimum atomic E-state index is -0.347. The fourth-order valence-electron chi connectivity index (χ4n) is 8.08. The van der Waals surface area contributed by atoms with E-state index in [-0.39, 0.29) is 70.0 Å². The Hall–Kier alpha value is -1.14. The molecule has 4 fully saturated rings. The standard InChI is InChI=1S/C27H46N2O4/c1-24(2)12-18(13-25(3,4)28-24)32-22(30)20-16-9-10-17(11-16)21(20)23(31)33-19-14-26(5,6)29-27(7,8)15-19/h16-21,28-29H,9-15H2,1-8H3. The molecule has 0 aromatic heterocycles. The van der Waals surface area contributed by atoms with Gasteiger partial charge in [0.15, 0.2) is 0 Å². The number of carbonyl (C=O) groups is 2. The van der Waals surface area contributed by atoms with Gasteiger partial charge in [0.25, 0.3) is 0 Å². The summed E-state index contributed by atoms with van der Waals surface area (Å²) in [5.74, 6) is -0.533. The average molecular weight is 463 g/mol. The first-order valence-corrected chi connectivity index (χ1v) is 13.0. The molecule has 2 aliphatic carbocycles. The highest BCUT2D eigenvalue weighted by atomic mass is 16.6. The van der Waals surface area contributed by atoms with E-state index >= 15 is 0 Å². The topological polar surface area (TPSA) is 76.7 Å². The van der Waals surface area contributed by atoms with Crippen molar-refractivity contribution in [3.05, 3.63) is 0 Å². The Bertz CT molecular complexity index is 691. The van der Waals surface area contributed by atoms with Gasteiger partial charge in [0, 0.05) is 47.8 Å². The molecule has 4 rings (SSSR count). The first-order chi connectivity index (χ1) is 15.0. The van der Waals surface area contributed by atoms with Gasteiger partial charge < -0.3 is 20.1 Å². The monoisotopic (exact) mass is 462 g/mol. The van der Waals surface area contributed by atoms with Crippen molar-refractivity contribution >= 4 is 11.9 Å². The number of hydrogen-bond donors (Lipinski definition) is 2. The van der Waals surface area contributed by atoms with E-state index in [1.165, 1.54) is 0 Å². The number of carbonyl (C=O) groups excluding carboxylic acids is 2. The van der Waals surface area contributed by atoms with Crippen LogP contribution in [0.15, 0.2) is 0 Å². The van der Waals surface area contributed by atoms with Crippen molar-refractivity contribution in [2.24, 2.45) is 23.7 Å². The van der Waals surface area contributed by atoms with Gasteiger partial charge in [-0.3, -0.25) is 9.59 Å². The summed E-state index contributed by atoms with van der Waals surface area (Å²) in [6.45, 7) is 17.3. The Morgan fingerprint density at radius 3 is 1.21 bits per heavy atom. The normalized spacial score (nSPS) is 37.0. The first kappa shape index (κ1) is 25.0. The van der Waals surface area contributed by atoms with Crippen molar-refractivity contribution in [1.82, 2.24) is 10.6 Å². The van der Waals surface area contributed by atoms with Gasteiger partial charge in [0.2, 0.25) is 0 Å². The molecule has 2 saturated carbocycles. The maximum atomic E-state index is 13.5. The molecule has 0 radical (unpaired) electrons. The van der Waals surface area contributed by atoms with E-state index in [0.29, 0.717) is 0 Å². The van der Waals surface area contributed by atoms with Crippen LogP contribution in [0, 0.1) is 23.7 Å². The lowest BCUT2D eigenvalue weighted by atomic mass is 9.78. The number of hydrogen-bond acceptors (Lipinski definition) is 6. The van der Waals surface area contributed by atoms with E-state index in [2.05, 4.69) is 66.0 Å². The Morgan fingerprint density at radius 2 is 0.909 bits per heavy atom. The summed E-state index contributed by atoms with van der Waals surface area (Å²) >= 11 is 0. The highest BCUT2D eigenvalue weighted by Crippen LogP contribution is 2.53. The molecule has 2 aliphatic heterocycles. The molecule has 0 aromatic carbocycles. The lowest BCUT2D eigenvalue weighted by Gasteiger charge is -2.46. The van der Waals surface area contributed by atoms with Crippen LogP contribution in [0.2, 0.25) is 0 Å². The third kappa shape index (κ3) is 5.58. The number of piperidine rings is 2. The van der Waals surface area contributed by atoms with Gasteiger partial charge in [0.1, 0.15) is 12.2 Å². The van der Waals surface area contributed by atoms with E-state index in [0.717, 1.165) is 44.9 Å². The number of fused-ring (bicyclic) bond motifs is 2. The van der Waals surface area contributed by atoms with Gasteiger partial charge in [0.05, 0.1) is 11.8 Å². The SMILES string of the molecule is CC1(C)CC(OC(=O)C2C3CCC(C3)C2C(=O)OC2CC(C)(C)NC(C)(C)C2)CC(C)(C)N1. The van der Waals surface area contributed by atoms with Gasteiger partial charge in [-0.2, -0.15) is 0 Å². The quantitative estimate of drug-likeness (QED) is 0.605. The summed E-state index contributed by atoms with van der Waals surface area (Å²) in [7, 11) is 0. The van der Waals surface area contributed by atoms with Crippen molar-refractivity contribution in [3.63, 3.8) is 0 Å². The van der Waals surface area contributed by atoms with Crippen LogP contribution >= 0.6 is 0 Å². The summed E-state index contributed by atoms with van der Waals surface area (Å²) in [5, 5.41) is 7.29. The fourth-order valence-corrected chi connectivity index (χ4v) is 8.08. The molecule has 0 amide bonds. The zero-order chi connectivity index (χ0) is 24.4. The smallest absolute Gasteiger partial charge is 0.310 e. The molecule has 6 heteroatoms. The number of ether oxygens (including phenoxy) is 2. The van der Waals surface area contributed by atoms with E-state index in [9.17, 15) is 9.59 Å². The molecule has 2 N–H and O–H groups in total. The van der Waals surface area contributed by atoms with E-state index < -0.39 is 0 Å². The van der Waals surface area contributed by atoms with Crippen molar-refractivity contribution in [2.75, 3.05) is 0 Å². The maximum Gasteiger partial charge on any atom is 0.310 e. The van der Waals surface area contributed by atoms with Crippen molar-refractivity contribution in [3.8, 4) is 0 Å². The summed E-state index contributed by atoms with van der Waals surface area (Å²) in [5.41, 5.74) is -0.356. The molecular formula is C27H46N2O4. The van der Waals surface area contributed by atoms with Crippen molar-refractivity contribution < 1.29 is 19.1 Å². The third-order valence-electron chi connectivity index (χ3n) is 8.33. The van der Waals surface area contributed by atoms with Crippen LogP contribution in [0.1, 0.15) is 100 Å². The predicted molar refractivity (Wildman–Crippen MR) is 129 cm³/mol. The molecule has 4 aliphatic rings. The van der Waals surface area contributed by atoms with Crippen LogP contribution in [-0.4, -0.2) is 46.3 Å². The molecule has 0 aromatic rings. The molecule has 2 heterocycles. The number of esters is 2. The Balaban J connectivity index is 1.45. The minimum absolute atomic E-state index is 0.0890. The van der Waals surface area contributed by atoms with Crippen LogP contribution in [-0.2, 0) is 19.1 Å². The molecule has 4 atom stereocenters. The van der Waals surface area contributed by atoms with Crippen LogP contribution in [0.4, 0.5) is 0 Å². The van der Waals surface area contributed by atoms with E-state index in [1.807, 2.05) is 0 Å².